The van der Waals surface area contributed by atoms with Crippen LogP contribution in [0.25, 0.3) is 6.08 Å². The molecule has 0 aromatic heterocycles. The lowest BCUT2D eigenvalue weighted by Crippen LogP contribution is -2.15. The summed E-state index contributed by atoms with van der Waals surface area (Å²) in [5, 5.41) is 0. The van der Waals surface area contributed by atoms with Gasteiger partial charge in [0.25, 0.3) is 0 Å². The zero-order chi connectivity index (χ0) is 22.9. The second-order valence-electron chi connectivity index (χ2n) is 8.49. The molecule has 4 heteroatoms. The number of carbonyl (C=O) groups is 1. The molecule has 0 saturated heterocycles. The summed E-state index contributed by atoms with van der Waals surface area (Å²) in [5.41, 5.74) is 2.49. The Balaban J connectivity index is 2.38. The van der Waals surface area contributed by atoms with E-state index in [0.29, 0.717) is 25.4 Å². The summed E-state index contributed by atoms with van der Waals surface area (Å²) in [4.78, 5) is 12.7. The van der Waals surface area contributed by atoms with Gasteiger partial charge in [0.2, 0.25) is 0 Å². The second-order valence-corrected chi connectivity index (χ2v) is 8.49. The number of hydrogen-bond donors (Lipinski definition) is 0. The van der Waals surface area contributed by atoms with Crippen LogP contribution in [0.3, 0.4) is 0 Å². The van der Waals surface area contributed by atoms with Crippen molar-refractivity contribution in [1.82, 2.24) is 0 Å². The SMILES string of the molecule is CCCOc1cc(OCCC)c(C(C)(C)C)cc1C=CC(=O)c1ccc(OCC)cc1. The summed E-state index contributed by atoms with van der Waals surface area (Å²) in [6.07, 6.45) is 5.28. The molecule has 31 heavy (non-hydrogen) atoms. The third kappa shape index (κ3) is 7.16. The average molecular weight is 425 g/mol. The second kappa shape index (κ2) is 11.6. The van der Waals surface area contributed by atoms with Crippen molar-refractivity contribution in [3.05, 3.63) is 59.2 Å². The van der Waals surface area contributed by atoms with Crippen LogP contribution < -0.4 is 14.2 Å². The van der Waals surface area contributed by atoms with Crippen LogP contribution in [0.15, 0.2) is 42.5 Å². The molecular formula is C27H36O4. The Morgan fingerprint density at radius 2 is 1.48 bits per heavy atom. The summed E-state index contributed by atoms with van der Waals surface area (Å²) in [5.74, 6) is 2.27. The molecule has 2 aromatic rings. The van der Waals surface area contributed by atoms with E-state index in [1.54, 1.807) is 18.2 Å². The van der Waals surface area contributed by atoms with Gasteiger partial charge in [-0.1, -0.05) is 34.6 Å². The predicted octanol–water partition coefficient (Wildman–Crippen LogP) is 6.86. The molecule has 0 saturated carbocycles. The monoisotopic (exact) mass is 424 g/mol. The van der Waals surface area contributed by atoms with Crippen molar-refractivity contribution in [1.29, 1.82) is 0 Å². The number of rotatable bonds is 11. The van der Waals surface area contributed by atoms with Gasteiger partial charge in [-0.2, -0.15) is 0 Å². The minimum absolute atomic E-state index is 0.0619. The fourth-order valence-corrected chi connectivity index (χ4v) is 3.11. The molecule has 0 atom stereocenters. The molecule has 2 rings (SSSR count). The number of benzene rings is 2. The smallest absolute Gasteiger partial charge is 0.185 e. The molecule has 0 aliphatic rings. The molecule has 4 nitrogen and oxygen atoms in total. The molecule has 0 unspecified atom stereocenters. The van der Waals surface area contributed by atoms with E-state index in [1.807, 2.05) is 31.2 Å². The van der Waals surface area contributed by atoms with Crippen LogP contribution in [-0.2, 0) is 5.41 Å². The highest BCUT2D eigenvalue weighted by atomic mass is 16.5. The molecule has 2 aromatic carbocycles. The zero-order valence-corrected chi connectivity index (χ0v) is 19.8. The van der Waals surface area contributed by atoms with Gasteiger partial charge >= 0.3 is 0 Å². The first-order valence-corrected chi connectivity index (χ1v) is 11.2. The van der Waals surface area contributed by atoms with E-state index in [9.17, 15) is 4.79 Å². The van der Waals surface area contributed by atoms with Gasteiger partial charge in [0.15, 0.2) is 5.78 Å². The molecule has 168 valence electrons. The Labute approximate surface area is 187 Å². The molecule has 0 fully saturated rings. The molecule has 0 N–H and O–H groups in total. The summed E-state index contributed by atoms with van der Waals surface area (Å²) in [7, 11) is 0. The minimum atomic E-state index is -0.103. The van der Waals surface area contributed by atoms with Crippen LogP contribution >= 0.6 is 0 Å². The third-order valence-corrected chi connectivity index (χ3v) is 4.71. The fraction of sp³-hybridized carbons (Fsp3) is 0.444. The molecule has 0 amide bonds. The Bertz CT molecular complexity index is 873. The van der Waals surface area contributed by atoms with E-state index >= 15 is 0 Å². The quantitative estimate of drug-likeness (QED) is 0.292. The van der Waals surface area contributed by atoms with Crippen molar-refractivity contribution in [2.75, 3.05) is 19.8 Å². The van der Waals surface area contributed by atoms with E-state index in [2.05, 4.69) is 40.7 Å². The first-order valence-electron chi connectivity index (χ1n) is 11.2. The van der Waals surface area contributed by atoms with Crippen LogP contribution in [0.5, 0.6) is 17.2 Å². The van der Waals surface area contributed by atoms with Gasteiger partial charge in [-0.25, -0.2) is 0 Å². The lowest BCUT2D eigenvalue weighted by atomic mass is 9.85. The van der Waals surface area contributed by atoms with E-state index in [1.165, 1.54) is 0 Å². The number of allylic oxidation sites excluding steroid dienone is 1. The number of carbonyl (C=O) groups excluding carboxylic acids is 1. The number of ketones is 1. The van der Waals surface area contributed by atoms with Crippen LogP contribution in [-0.4, -0.2) is 25.6 Å². The summed E-state index contributed by atoms with van der Waals surface area (Å²) >= 11 is 0. The van der Waals surface area contributed by atoms with Gasteiger partial charge in [0, 0.05) is 22.8 Å². The minimum Gasteiger partial charge on any atom is -0.494 e. The van der Waals surface area contributed by atoms with Gasteiger partial charge in [-0.15, -0.1) is 0 Å². The van der Waals surface area contributed by atoms with Gasteiger partial charge in [0.05, 0.1) is 19.8 Å². The van der Waals surface area contributed by atoms with Crippen molar-refractivity contribution in [3.8, 4) is 17.2 Å². The lowest BCUT2D eigenvalue weighted by Gasteiger charge is -2.25. The normalized spacial score (nSPS) is 11.5. The van der Waals surface area contributed by atoms with Crippen molar-refractivity contribution in [2.45, 2.75) is 59.8 Å². The number of ether oxygens (including phenoxy) is 3. The van der Waals surface area contributed by atoms with Crippen LogP contribution in [0.2, 0.25) is 0 Å². The maximum absolute atomic E-state index is 12.7. The topological polar surface area (TPSA) is 44.8 Å². The first-order chi connectivity index (χ1) is 14.8. The van der Waals surface area contributed by atoms with Gasteiger partial charge in [-0.3, -0.25) is 4.79 Å². The van der Waals surface area contributed by atoms with E-state index in [4.69, 9.17) is 14.2 Å². The van der Waals surface area contributed by atoms with Crippen molar-refractivity contribution < 1.29 is 19.0 Å². The first kappa shape index (κ1) is 24.5. The Morgan fingerprint density at radius 3 is 2.03 bits per heavy atom. The molecule has 0 aliphatic carbocycles. The average Bonchev–Trinajstić information content (AvgIpc) is 2.74. The largest absolute Gasteiger partial charge is 0.494 e. The van der Waals surface area contributed by atoms with E-state index < -0.39 is 0 Å². The zero-order valence-electron chi connectivity index (χ0n) is 19.8. The molecule has 0 bridgehead atoms. The van der Waals surface area contributed by atoms with E-state index in [0.717, 1.165) is 41.2 Å². The van der Waals surface area contributed by atoms with Gasteiger partial charge < -0.3 is 14.2 Å². The predicted molar refractivity (Wildman–Crippen MR) is 128 cm³/mol. The maximum Gasteiger partial charge on any atom is 0.185 e. The summed E-state index contributed by atoms with van der Waals surface area (Å²) in [6, 6.07) is 11.3. The highest BCUT2D eigenvalue weighted by Gasteiger charge is 2.22. The lowest BCUT2D eigenvalue weighted by molar-refractivity contribution is 0.104. The summed E-state index contributed by atoms with van der Waals surface area (Å²) < 4.78 is 17.5. The Hall–Kier alpha value is -2.75. The van der Waals surface area contributed by atoms with Crippen LogP contribution in [0.4, 0.5) is 0 Å². The standard InChI is InChI=1S/C27H36O4/c1-7-16-30-25-19-26(31-17-8-2)23(27(4,5)6)18-21(25)12-15-24(28)20-10-13-22(14-11-20)29-9-3/h10-15,18-19H,7-9,16-17H2,1-6H3. The van der Waals surface area contributed by atoms with Crippen LogP contribution in [0, 0.1) is 0 Å². The Morgan fingerprint density at radius 1 is 0.871 bits per heavy atom. The molecule has 0 heterocycles. The van der Waals surface area contributed by atoms with E-state index in [-0.39, 0.29) is 11.2 Å². The van der Waals surface area contributed by atoms with Crippen molar-refractivity contribution in [3.63, 3.8) is 0 Å². The third-order valence-electron chi connectivity index (χ3n) is 4.71. The number of hydrogen-bond acceptors (Lipinski definition) is 4. The highest BCUT2D eigenvalue weighted by Crippen LogP contribution is 2.37. The van der Waals surface area contributed by atoms with Crippen molar-refractivity contribution >= 4 is 11.9 Å². The van der Waals surface area contributed by atoms with Gasteiger partial charge in [-0.05, 0) is 67.7 Å². The van der Waals surface area contributed by atoms with Gasteiger partial charge in [0.1, 0.15) is 17.2 Å². The van der Waals surface area contributed by atoms with Crippen LogP contribution in [0.1, 0.15) is 75.9 Å². The highest BCUT2D eigenvalue weighted by molar-refractivity contribution is 6.07. The maximum atomic E-state index is 12.7. The fourth-order valence-electron chi connectivity index (χ4n) is 3.11. The van der Waals surface area contributed by atoms with Crippen molar-refractivity contribution in [2.24, 2.45) is 0 Å². The molecular weight excluding hydrogens is 388 g/mol. The Kier molecular flexibility index (Phi) is 9.17. The molecule has 0 radical (unpaired) electrons. The molecule has 0 spiro atoms. The summed E-state index contributed by atoms with van der Waals surface area (Å²) in [6.45, 7) is 14.4. The molecule has 0 aliphatic heterocycles.